The minimum Gasteiger partial charge on any atom is -0.384 e. The molecular formula is C12H18F3N3O2S. The van der Waals surface area contributed by atoms with Gasteiger partial charge in [0.1, 0.15) is 4.90 Å². The molecule has 5 nitrogen and oxygen atoms in total. The lowest BCUT2D eigenvalue weighted by molar-refractivity contribution is -0.135. The Morgan fingerprint density at radius 1 is 1.38 bits per heavy atom. The van der Waals surface area contributed by atoms with Crippen molar-refractivity contribution in [1.82, 2.24) is 9.29 Å². The van der Waals surface area contributed by atoms with Crippen molar-refractivity contribution >= 4 is 15.7 Å². The highest BCUT2D eigenvalue weighted by Crippen LogP contribution is 2.25. The van der Waals surface area contributed by atoms with Gasteiger partial charge in [-0.25, -0.2) is 12.7 Å². The summed E-state index contributed by atoms with van der Waals surface area (Å²) >= 11 is 0. The van der Waals surface area contributed by atoms with E-state index in [-0.39, 0.29) is 4.90 Å². The largest absolute Gasteiger partial charge is 0.390 e. The molecule has 0 radical (unpaired) electrons. The van der Waals surface area contributed by atoms with Gasteiger partial charge in [-0.1, -0.05) is 6.92 Å². The van der Waals surface area contributed by atoms with Crippen molar-refractivity contribution in [2.24, 2.45) is 0 Å². The highest BCUT2D eigenvalue weighted by molar-refractivity contribution is 7.89. The average molecular weight is 325 g/mol. The van der Waals surface area contributed by atoms with Gasteiger partial charge in [-0.2, -0.15) is 13.2 Å². The standard InChI is InChI=1S/C12H18F3N3O2S/c1-3-6-17-10-4-7-16-9-11(10)21(19,20)18(2)8-5-12(13,14)15/h4,7,9H,3,5-6,8H2,1-2H3,(H,16,17). The normalized spacial score (nSPS) is 12.7. The molecule has 0 atom stereocenters. The van der Waals surface area contributed by atoms with E-state index in [0.717, 1.165) is 19.7 Å². The summed E-state index contributed by atoms with van der Waals surface area (Å²) in [5.41, 5.74) is 0.339. The zero-order valence-corrected chi connectivity index (χ0v) is 12.6. The van der Waals surface area contributed by atoms with E-state index in [9.17, 15) is 21.6 Å². The van der Waals surface area contributed by atoms with Gasteiger partial charge in [0.05, 0.1) is 12.1 Å². The lowest BCUT2D eigenvalue weighted by atomic mass is 10.4. The van der Waals surface area contributed by atoms with Crippen LogP contribution in [0.2, 0.25) is 0 Å². The van der Waals surface area contributed by atoms with Crippen molar-refractivity contribution < 1.29 is 21.6 Å². The van der Waals surface area contributed by atoms with E-state index in [1.54, 1.807) is 0 Å². The Hall–Kier alpha value is -1.35. The number of sulfonamides is 1. The number of alkyl halides is 3. The van der Waals surface area contributed by atoms with Crippen LogP contribution >= 0.6 is 0 Å². The number of nitrogens with zero attached hydrogens (tertiary/aromatic N) is 2. The summed E-state index contributed by atoms with van der Waals surface area (Å²) in [6.07, 6.45) is -2.25. The van der Waals surface area contributed by atoms with Gasteiger partial charge in [0, 0.05) is 32.5 Å². The van der Waals surface area contributed by atoms with Crippen LogP contribution in [0.1, 0.15) is 19.8 Å². The second-order valence-electron chi connectivity index (χ2n) is 4.49. The Kier molecular flexibility index (Phi) is 5.97. The summed E-state index contributed by atoms with van der Waals surface area (Å²) in [5, 5.41) is 2.93. The van der Waals surface area contributed by atoms with Gasteiger partial charge in [-0.15, -0.1) is 0 Å². The van der Waals surface area contributed by atoms with Crippen LogP contribution in [0.5, 0.6) is 0 Å². The van der Waals surface area contributed by atoms with E-state index in [0.29, 0.717) is 16.5 Å². The zero-order valence-electron chi connectivity index (χ0n) is 11.8. The Morgan fingerprint density at radius 3 is 2.62 bits per heavy atom. The van der Waals surface area contributed by atoms with Crippen molar-refractivity contribution in [3.63, 3.8) is 0 Å². The maximum Gasteiger partial charge on any atom is 0.390 e. The van der Waals surface area contributed by atoms with Crippen LogP contribution in [0.4, 0.5) is 18.9 Å². The lowest BCUT2D eigenvalue weighted by Gasteiger charge is -2.20. The zero-order chi connectivity index (χ0) is 16.1. The third kappa shape index (κ3) is 5.16. The van der Waals surface area contributed by atoms with Gasteiger partial charge < -0.3 is 5.32 Å². The molecule has 0 fully saturated rings. The second-order valence-corrected chi connectivity index (χ2v) is 6.50. The third-order valence-electron chi connectivity index (χ3n) is 2.75. The quantitative estimate of drug-likeness (QED) is 0.836. The molecular weight excluding hydrogens is 307 g/mol. The van der Waals surface area contributed by atoms with Gasteiger partial charge >= 0.3 is 6.18 Å². The third-order valence-corrected chi connectivity index (χ3v) is 4.63. The first-order valence-corrected chi connectivity index (χ1v) is 7.83. The van der Waals surface area contributed by atoms with E-state index >= 15 is 0 Å². The van der Waals surface area contributed by atoms with Crippen molar-refractivity contribution in [3.8, 4) is 0 Å². The molecule has 0 bridgehead atoms. The predicted molar refractivity (Wildman–Crippen MR) is 73.5 cm³/mol. The SMILES string of the molecule is CCCNc1ccncc1S(=O)(=O)N(C)CCC(F)(F)F. The topological polar surface area (TPSA) is 62.3 Å². The van der Waals surface area contributed by atoms with E-state index < -0.39 is 29.2 Å². The van der Waals surface area contributed by atoms with E-state index in [2.05, 4.69) is 10.3 Å². The van der Waals surface area contributed by atoms with Crippen molar-refractivity contribution in [3.05, 3.63) is 18.5 Å². The number of pyridine rings is 1. The molecule has 0 aliphatic heterocycles. The van der Waals surface area contributed by atoms with Crippen LogP contribution in [0.15, 0.2) is 23.4 Å². The van der Waals surface area contributed by atoms with Crippen LogP contribution in [0.3, 0.4) is 0 Å². The number of hydrogen-bond donors (Lipinski definition) is 1. The molecule has 0 spiro atoms. The van der Waals surface area contributed by atoms with Gasteiger partial charge in [0.2, 0.25) is 10.0 Å². The molecule has 1 N–H and O–H groups in total. The summed E-state index contributed by atoms with van der Waals surface area (Å²) in [4.78, 5) is 3.62. The first-order valence-electron chi connectivity index (χ1n) is 6.39. The molecule has 1 aromatic rings. The molecule has 1 aromatic heterocycles. The van der Waals surface area contributed by atoms with Gasteiger partial charge in [0.25, 0.3) is 0 Å². The molecule has 0 aliphatic carbocycles. The van der Waals surface area contributed by atoms with Crippen molar-refractivity contribution in [2.75, 3.05) is 25.5 Å². The summed E-state index contributed by atoms with van der Waals surface area (Å²) in [6, 6.07) is 1.49. The molecule has 0 saturated carbocycles. The number of rotatable bonds is 7. The highest BCUT2D eigenvalue weighted by atomic mass is 32.2. The Balaban J connectivity index is 2.96. The van der Waals surface area contributed by atoms with E-state index in [1.807, 2.05) is 6.92 Å². The number of halogens is 3. The molecule has 0 saturated heterocycles. The van der Waals surface area contributed by atoms with Crippen LogP contribution in [-0.2, 0) is 10.0 Å². The number of nitrogens with one attached hydrogen (secondary N) is 1. The smallest absolute Gasteiger partial charge is 0.384 e. The first-order chi connectivity index (χ1) is 9.68. The van der Waals surface area contributed by atoms with E-state index in [4.69, 9.17) is 0 Å². The van der Waals surface area contributed by atoms with Gasteiger partial charge in [-0.3, -0.25) is 4.98 Å². The van der Waals surface area contributed by atoms with Crippen LogP contribution in [0.25, 0.3) is 0 Å². The minimum absolute atomic E-state index is 0.122. The molecule has 9 heteroatoms. The fraction of sp³-hybridized carbons (Fsp3) is 0.583. The molecule has 0 unspecified atom stereocenters. The Labute approximate surface area is 122 Å². The summed E-state index contributed by atoms with van der Waals surface area (Å²) in [6.45, 7) is 1.84. The Morgan fingerprint density at radius 2 is 2.05 bits per heavy atom. The van der Waals surface area contributed by atoms with Crippen molar-refractivity contribution in [1.29, 1.82) is 0 Å². The molecule has 0 amide bonds. The van der Waals surface area contributed by atoms with Gasteiger partial charge in [0.15, 0.2) is 0 Å². The molecule has 0 aliphatic rings. The Bertz CT molecular complexity index is 561. The lowest BCUT2D eigenvalue weighted by Crippen LogP contribution is -2.31. The molecule has 1 heterocycles. The molecule has 120 valence electrons. The van der Waals surface area contributed by atoms with E-state index in [1.165, 1.54) is 12.3 Å². The fourth-order valence-electron chi connectivity index (χ4n) is 1.56. The van der Waals surface area contributed by atoms with Crippen LogP contribution in [0, 0.1) is 0 Å². The number of aromatic nitrogens is 1. The molecule has 0 aromatic carbocycles. The maximum atomic E-state index is 12.3. The fourth-order valence-corrected chi connectivity index (χ4v) is 2.84. The minimum atomic E-state index is -4.40. The number of hydrogen-bond acceptors (Lipinski definition) is 4. The molecule has 1 rings (SSSR count). The maximum absolute atomic E-state index is 12.3. The number of anilines is 1. The highest BCUT2D eigenvalue weighted by Gasteiger charge is 2.31. The van der Waals surface area contributed by atoms with Gasteiger partial charge in [-0.05, 0) is 12.5 Å². The van der Waals surface area contributed by atoms with Crippen molar-refractivity contribution in [2.45, 2.75) is 30.8 Å². The summed E-state index contributed by atoms with van der Waals surface area (Å²) < 4.78 is 61.9. The average Bonchev–Trinajstić information content (AvgIpc) is 2.41. The predicted octanol–water partition coefficient (Wildman–Crippen LogP) is 2.48. The summed E-state index contributed by atoms with van der Waals surface area (Å²) in [7, 11) is -2.89. The first kappa shape index (κ1) is 17.7. The second kappa shape index (κ2) is 7.08. The summed E-state index contributed by atoms with van der Waals surface area (Å²) in [5.74, 6) is 0. The van der Waals surface area contributed by atoms with Crippen LogP contribution < -0.4 is 5.32 Å². The molecule has 21 heavy (non-hydrogen) atoms. The monoisotopic (exact) mass is 325 g/mol. The van der Waals surface area contributed by atoms with Crippen LogP contribution in [-0.4, -0.2) is 44.0 Å².